The summed E-state index contributed by atoms with van der Waals surface area (Å²) >= 11 is 1.36. The van der Waals surface area contributed by atoms with Crippen LogP contribution in [0.15, 0.2) is 53.0 Å². The Morgan fingerprint density at radius 1 is 1.23 bits per heavy atom. The van der Waals surface area contributed by atoms with Crippen LogP contribution in [-0.4, -0.2) is 25.3 Å². The van der Waals surface area contributed by atoms with Crippen molar-refractivity contribution in [3.8, 4) is 11.5 Å². The van der Waals surface area contributed by atoms with E-state index in [1.54, 1.807) is 34.4 Å². The molecule has 0 unspecified atom stereocenters. The molecule has 4 aromatic heterocycles. The molecule has 7 nitrogen and oxygen atoms in total. The molecule has 0 aliphatic carbocycles. The maximum absolute atomic E-state index is 12.1. The molecule has 0 fully saturated rings. The molecule has 0 saturated heterocycles. The van der Waals surface area contributed by atoms with Crippen LogP contribution in [0.1, 0.15) is 10.5 Å². The molecule has 0 aliphatic heterocycles. The highest BCUT2D eigenvalue weighted by Crippen LogP contribution is 2.19. The van der Waals surface area contributed by atoms with Crippen LogP contribution in [0.25, 0.3) is 17.1 Å². The van der Waals surface area contributed by atoms with Crippen molar-refractivity contribution in [2.24, 2.45) is 0 Å². The van der Waals surface area contributed by atoms with Gasteiger partial charge in [0.05, 0.1) is 11.8 Å². The molecule has 1 amide bonds. The Morgan fingerprint density at radius 2 is 2.18 bits per heavy atom. The number of rotatable bonds is 3. The second-order valence-electron chi connectivity index (χ2n) is 4.44. The van der Waals surface area contributed by atoms with Crippen molar-refractivity contribution in [3.63, 3.8) is 0 Å². The molecular formula is C14H9N5O2S. The third-order valence-electron chi connectivity index (χ3n) is 3.02. The van der Waals surface area contributed by atoms with Crippen LogP contribution in [0.3, 0.4) is 0 Å². The lowest BCUT2D eigenvalue weighted by Gasteiger charge is -1.96. The van der Waals surface area contributed by atoms with Crippen molar-refractivity contribution < 1.29 is 9.21 Å². The molecule has 0 bridgehead atoms. The van der Waals surface area contributed by atoms with Crippen LogP contribution in [0.4, 0.5) is 5.13 Å². The predicted octanol–water partition coefficient (Wildman–Crippen LogP) is 2.70. The fourth-order valence-corrected chi connectivity index (χ4v) is 2.56. The zero-order valence-corrected chi connectivity index (χ0v) is 11.9. The number of carbonyl (C=O) groups excluding carboxylic acids is 1. The van der Waals surface area contributed by atoms with E-state index in [0.717, 1.165) is 5.56 Å². The third-order valence-corrected chi connectivity index (χ3v) is 3.70. The van der Waals surface area contributed by atoms with Crippen LogP contribution in [0.5, 0.6) is 0 Å². The van der Waals surface area contributed by atoms with E-state index in [9.17, 15) is 4.79 Å². The van der Waals surface area contributed by atoms with Gasteiger partial charge in [-0.25, -0.2) is 15.0 Å². The van der Waals surface area contributed by atoms with Crippen molar-refractivity contribution in [1.82, 2.24) is 19.4 Å². The fraction of sp³-hybridized carbons (Fsp3) is 0. The smallest absolute Gasteiger partial charge is 0.277 e. The largest absolute Gasteiger partial charge is 0.444 e. The van der Waals surface area contributed by atoms with E-state index in [1.807, 2.05) is 12.3 Å². The highest BCUT2D eigenvalue weighted by molar-refractivity contribution is 7.13. The normalized spacial score (nSPS) is 10.9. The van der Waals surface area contributed by atoms with Gasteiger partial charge in [0.15, 0.2) is 5.13 Å². The van der Waals surface area contributed by atoms with Crippen LogP contribution in [-0.2, 0) is 0 Å². The quantitative estimate of drug-likeness (QED) is 0.628. The minimum absolute atomic E-state index is 0.295. The Bertz CT molecular complexity index is 928. The second-order valence-corrected chi connectivity index (χ2v) is 5.33. The summed E-state index contributed by atoms with van der Waals surface area (Å²) in [6, 6.07) is 3.65. The standard InChI is InChI=1S/C14H9N5O2S/c20-12(18-14-16-4-6-22-14)10-8-19-7-9(1-2-11(19)17-10)13-15-3-5-21-13/h1-8H,(H,16,18,20). The Balaban J connectivity index is 1.67. The van der Waals surface area contributed by atoms with Crippen LogP contribution in [0.2, 0.25) is 0 Å². The van der Waals surface area contributed by atoms with Gasteiger partial charge in [0.1, 0.15) is 17.6 Å². The number of nitrogens with zero attached hydrogens (tertiary/aromatic N) is 4. The lowest BCUT2D eigenvalue weighted by Crippen LogP contribution is -2.11. The number of nitrogens with one attached hydrogen (secondary N) is 1. The molecule has 22 heavy (non-hydrogen) atoms. The summed E-state index contributed by atoms with van der Waals surface area (Å²) in [7, 11) is 0. The highest BCUT2D eigenvalue weighted by Gasteiger charge is 2.13. The number of fused-ring (bicyclic) bond motifs is 1. The van der Waals surface area contributed by atoms with E-state index in [4.69, 9.17) is 4.42 Å². The van der Waals surface area contributed by atoms with E-state index in [1.165, 1.54) is 17.6 Å². The molecule has 0 aromatic carbocycles. The van der Waals surface area contributed by atoms with E-state index >= 15 is 0 Å². The van der Waals surface area contributed by atoms with Crippen LogP contribution >= 0.6 is 11.3 Å². The van der Waals surface area contributed by atoms with Gasteiger partial charge in [-0.1, -0.05) is 0 Å². The Hall–Kier alpha value is -3.00. The molecule has 108 valence electrons. The van der Waals surface area contributed by atoms with Gasteiger partial charge < -0.3 is 8.82 Å². The number of imidazole rings is 1. The molecular weight excluding hydrogens is 302 g/mol. The van der Waals surface area contributed by atoms with Gasteiger partial charge in [-0.15, -0.1) is 11.3 Å². The summed E-state index contributed by atoms with van der Waals surface area (Å²) < 4.78 is 7.02. The maximum atomic E-state index is 12.1. The number of amides is 1. The van der Waals surface area contributed by atoms with Gasteiger partial charge in [0, 0.05) is 24.0 Å². The van der Waals surface area contributed by atoms with Gasteiger partial charge in [-0.3, -0.25) is 10.1 Å². The first-order valence-electron chi connectivity index (χ1n) is 6.39. The maximum Gasteiger partial charge on any atom is 0.277 e. The molecule has 4 heterocycles. The number of carbonyl (C=O) groups is 1. The number of hydrogen-bond donors (Lipinski definition) is 1. The van der Waals surface area contributed by atoms with E-state index in [0.29, 0.717) is 22.4 Å². The van der Waals surface area contributed by atoms with Gasteiger partial charge >= 0.3 is 0 Å². The van der Waals surface area contributed by atoms with Crippen molar-refractivity contribution in [3.05, 3.63) is 54.3 Å². The SMILES string of the molecule is O=C(Nc1nccs1)c1cn2cc(-c3ncco3)ccc2n1. The first kappa shape index (κ1) is 12.7. The summed E-state index contributed by atoms with van der Waals surface area (Å²) in [5, 5.41) is 5.04. The first-order valence-corrected chi connectivity index (χ1v) is 7.27. The molecule has 8 heteroatoms. The van der Waals surface area contributed by atoms with Crippen molar-refractivity contribution in [1.29, 1.82) is 0 Å². The van der Waals surface area contributed by atoms with Crippen LogP contribution in [0, 0.1) is 0 Å². The van der Waals surface area contributed by atoms with Gasteiger partial charge in [-0.2, -0.15) is 0 Å². The van der Waals surface area contributed by atoms with E-state index in [2.05, 4.69) is 20.3 Å². The fourth-order valence-electron chi connectivity index (χ4n) is 2.04. The van der Waals surface area contributed by atoms with Crippen molar-refractivity contribution in [2.45, 2.75) is 0 Å². The summed E-state index contributed by atoms with van der Waals surface area (Å²) in [4.78, 5) is 24.5. The molecule has 0 aliphatic rings. The van der Waals surface area contributed by atoms with Gasteiger partial charge in [0.25, 0.3) is 5.91 Å². The zero-order chi connectivity index (χ0) is 14.9. The number of aromatic nitrogens is 4. The average molecular weight is 311 g/mol. The number of hydrogen-bond acceptors (Lipinski definition) is 6. The molecule has 4 aromatic rings. The highest BCUT2D eigenvalue weighted by atomic mass is 32.1. The molecule has 0 atom stereocenters. The average Bonchev–Trinajstić information content (AvgIpc) is 3.27. The zero-order valence-electron chi connectivity index (χ0n) is 11.1. The van der Waals surface area contributed by atoms with Crippen LogP contribution < -0.4 is 5.32 Å². The molecule has 0 radical (unpaired) electrons. The van der Waals surface area contributed by atoms with Gasteiger partial charge in [-0.05, 0) is 12.1 Å². The monoisotopic (exact) mass is 311 g/mol. The van der Waals surface area contributed by atoms with E-state index < -0.39 is 0 Å². The summed E-state index contributed by atoms with van der Waals surface area (Å²) in [5.74, 6) is 0.223. The predicted molar refractivity (Wildman–Crippen MR) is 80.8 cm³/mol. The summed E-state index contributed by atoms with van der Waals surface area (Å²) in [5.41, 5.74) is 1.79. The molecule has 0 spiro atoms. The molecule has 4 rings (SSSR count). The number of anilines is 1. The summed E-state index contributed by atoms with van der Waals surface area (Å²) in [6.07, 6.45) is 8.20. The third kappa shape index (κ3) is 2.25. The minimum atomic E-state index is -0.295. The lowest BCUT2D eigenvalue weighted by atomic mass is 10.3. The topological polar surface area (TPSA) is 85.3 Å². The lowest BCUT2D eigenvalue weighted by molar-refractivity contribution is 0.102. The minimum Gasteiger partial charge on any atom is -0.444 e. The Morgan fingerprint density at radius 3 is 2.95 bits per heavy atom. The number of oxazole rings is 1. The Kier molecular flexibility index (Phi) is 2.94. The van der Waals surface area contributed by atoms with Crippen molar-refractivity contribution >= 4 is 28.0 Å². The molecule has 1 N–H and O–H groups in total. The Labute approximate surface area is 128 Å². The summed E-state index contributed by atoms with van der Waals surface area (Å²) in [6.45, 7) is 0. The molecule has 0 saturated carbocycles. The van der Waals surface area contributed by atoms with Gasteiger partial charge in [0.2, 0.25) is 5.89 Å². The second kappa shape index (κ2) is 5.08. The number of pyridine rings is 1. The van der Waals surface area contributed by atoms with E-state index in [-0.39, 0.29) is 5.91 Å². The first-order chi connectivity index (χ1) is 10.8. The number of thiazole rings is 1. The van der Waals surface area contributed by atoms with Crippen molar-refractivity contribution in [2.75, 3.05) is 5.32 Å².